The highest BCUT2D eigenvalue weighted by molar-refractivity contribution is 6.42. The quantitative estimate of drug-likeness (QED) is 0.393. The minimum absolute atomic E-state index is 0.180. The van der Waals surface area contributed by atoms with Gasteiger partial charge >= 0.3 is 0 Å². The van der Waals surface area contributed by atoms with Crippen molar-refractivity contribution in [3.8, 4) is 0 Å². The van der Waals surface area contributed by atoms with Gasteiger partial charge in [0.05, 0.1) is 21.1 Å². The molecule has 0 bridgehead atoms. The molecular formula is C24H21Cl2FN4O. The fourth-order valence-electron chi connectivity index (χ4n) is 3.63. The summed E-state index contributed by atoms with van der Waals surface area (Å²) >= 11 is 12.4. The number of nitrogens with zero attached hydrogens (tertiary/aromatic N) is 3. The summed E-state index contributed by atoms with van der Waals surface area (Å²) in [4.78, 5) is 21.9. The van der Waals surface area contributed by atoms with Crippen LogP contribution in [-0.2, 0) is 17.6 Å². The van der Waals surface area contributed by atoms with Gasteiger partial charge in [0.15, 0.2) is 0 Å². The number of imidazole rings is 1. The number of fused-ring (bicyclic) bond motifs is 1. The Kier molecular flexibility index (Phi) is 6.72. The maximum absolute atomic E-state index is 14.3. The molecule has 0 saturated heterocycles. The predicted molar refractivity (Wildman–Crippen MR) is 125 cm³/mol. The Bertz CT molecular complexity index is 1260. The van der Waals surface area contributed by atoms with E-state index in [1.807, 2.05) is 18.2 Å². The van der Waals surface area contributed by atoms with Crippen LogP contribution in [0.3, 0.4) is 0 Å². The van der Waals surface area contributed by atoms with Gasteiger partial charge in [-0.3, -0.25) is 9.78 Å². The van der Waals surface area contributed by atoms with Gasteiger partial charge in [0.2, 0.25) is 5.91 Å². The summed E-state index contributed by atoms with van der Waals surface area (Å²) in [6.45, 7) is 2.23. The number of carbonyl (C=O) groups is 1. The zero-order chi connectivity index (χ0) is 22.7. The molecule has 164 valence electrons. The molecule has 0 spiro atoms. The highest BCUT2D eigenvalue weighted by Crippen LogP contribution is 2.31. The van der Waals surface area contributed by atoms with Crippen molar-refractivity contribution in [2.24, 2.45) is 0 Å². The van der Waals surface area contributed by atoms with Crippen LogP contribution in [0.1, 0.15) is 30.0 Å². The van der Waals surface area contributed by atoms with Crippen LogP contribution in [0.15, 0.2) is 60.8 Å². The number of aromatic nitrogens is 3. The number of carbonyl (C=O) groups excluding carboxylic acids is 1. The monoisotopic (exact) mass is 470 g/mol. The molecule has 1 amide bonds. The van der Waals surface area contributed by atoms with Crippen molar-refractivity contribution in [1.29, 1.82) is 0 Å². The molecule has 2 aromatic carbocycles. The lowest BCUT2D eigenvalue weighted by atomic mass is 10.1. The first-order chi connectivity index (χ1) is 15.4. The highest BCUT2D eigenvalue weighted by Gasteiger charge is 2.23. The van der Waals surface area contributed by atoms with E-state index in [0.29, 0.717) is 45.4 Å². The Morgan fingerprint density at radius 3 is 2.62 bits per heavy atom. The molecule has 5 nitrogen and oxygen atoms in total. The summed E-state index contributed by atoms with van der Waals surface area (Å²) in [6.07, 6.45) is 2.57. The smallest absolute Gasteiger partial charge is 0.242 e. The molecule has 4 aromatic rings. The predicted octanol–water partition coefficient (Wildman–Crippen LogP) is 5.39. The van der Waals surface area contributed by atoms with Crippen LogP contribution >= 0.6 is 23.2 Å². The lowest BCUT2D eigenvalue weighted by molar-refractivity contribution is -0.123. The van der Waals surface area contributed by atoms with Gasteiger partial charge in [-0.25, -0.2) is 9.37 Å². The summed E-state index contributed by atoms with van der Waals surface area (Å²) in [7, 11) is 0. The molecule has 0 aliphatic heterocycles. The number of halogens is 3. The Labute approximate surface area is 195 Å². The second kappa shape index (κ2) is 9.67. The van der Waals surface area contributed by atoms with E-state index in [-0.39, 0.29) is 18.1 Å². The number of rotatable bonds is 7. The number of benzene rings is 2. The van der Waals surface area contributed by atoms with E-state index in [9.17, 15) is 9.18 Å². The van der Waals surface area contributed by atoms with E-state index in [2.05, 4.69) is 15.3 Å². The highest BCUT2D eigenvalue weighted by atomic mass is 35.5. The second-order valence-corrected chi connectivity index (χ2v) is 8.27. The molecule has 2 heterocycles. The first kappa shape index (κ1) is 22.2. The minimum atomic E-state index is -0.595. The number of nitrogens with one attached hydrogen (secondary N) is 1. The normalized spacial score (nSPS) is 12.1. The van der Waals surface area contributed by atoms with Crippen LogP contribution < -0.4 is 5.32 Å². The Hall–Kier alpha value is -2.96. The zero-order valence-electron chi connectivity index (χ0n) is 17.4. The van der Waals surface area contributed by atoms with Crippen LogP contribution in [-0.4, -0.2) is 27.0 Å². The van der Waals surface area contributed by atoms with E-state index >= 15 is 0 Å². The third-order valence-corrected chi connectivity index (χ3v) is 6.01. The zero-order valence-corrected chi connectivity index (χ0v) is 18.9. The molecule has 4 rings (SSSR count). The largest absolute Gasteiger partial charge is 0.354 e. The second-order valence-electron chi connectivity index (χ2n) is 7.46. The van der Waals surface area contributed by atoms with Gasteiger partial charge in [-0.2, -0.15) is 0 Å². The van der Waals surface area contributed by atoms with Crippen LogP contribution in [0.5, 0.6) is 0 Å². The first-order valence-corrected chi connectivity index (χ1v) is 11.0. The summed E-state index contributed by atoms with van der Waals surface area (Å²) in [6, 6.07) is 14.9. The molecule has 8 heteroatoms. The van der Waals surface area contributed by atoms with Crippen LogP contribution in [0.4, 0.5) is 4.39 Å². The van der Waals surface area contributed by atoms with Crippen molar-refractivity contribution >= 4 is 40.1 Å². The standard InChI is InChI=1S/C24H21Cl2FN4O/c1-15(24(32)29-11-9-17-7-4-5-10-28-17)31-22-14-19(26)18(25)13-21(22)30-23(31)12-16-6-2-3-8-20(16)27/h2-8,10,13-15H,9,11-12H2,1H3,(H,29,32)/t15-/m0/s1. The van der Waals surface area contributed by atoms with Crippen LogP contribution in [0.25, 0.3) is 11.0 Å². The molecule has 1 N–H and O–H groups in total. The van der Waals surface area contributed by atoms with Crippen molar-refractivity contribution in [3.05, 3.63) is 93.7 Å². The van der Waals surface area contributed by atoms with Crippen molar-refractivity contribution < 1.29 is 9.18 Å². The van der Waals surface area contributed by atoms with E-state index in [1.54, 1.807) is 48.0 Å². The van der Waals surface area contributed by atoms with Crippen molar-refractivity contribution in [3.63, 3.8) is 0 Å². The van der Waals surface area contributed by atoms with Gasteiger partial charge < -0.3 is 9.88 Å². The molecule has 0 aliphatic rings. The summed E-state index contributed by atoms with van der Waals surface area (Å²) in [5.41, 5.74) is 2.65. The maximum atomic E-state index is 14.3. The molecular weight excluding hydrogens is 450 g/mol. The van der Waals surface area contributed by atoms with E-state index in [0.717, 1.165) is 5.69 Å². The summed E-state index contributed by atoms with van der Waals surface area (Å²) < 4.78 is 16.1. The first-order valence-electron chi connectivity index (χ1n) is 10.2. The lowest BCUT2D eigenvalue weighted by Crippen LogP contribution is -2.33. The molecule has 0 saturated carbocycles. The van der Waals surface area contributed by atoms with E-state index in [4.69, 9.17) is 23.2 Å². The van der Waals surface area contributed by atoms with E-state index in [1.165, 1.54) is 6.07 Å². The molecule has 2 aromatic heterocycles. The van der Waals surface area contributed by atoms with Crippen LogP contribution in [0, 0.1) is 5.82 Å². The molecule has 1 atom stereocenters. The molecule has 32 heavy (non-hydrogen) atoms. The van der Waals surface area contributed by atoms with Crippen LogP contribution in [0.2, 0.25) is 10.0 Å². The molecule has 0 fully saturated rings. The lowest BCUT2D eigenvalue weighted by Gasteiger charge is -2.18. The molecule has 0 aliphatic carbocycles. The van der Waals surface area contributed by atoms with Gasteiger partial charge in [-0.05, 0) is 42.8 Å². The molecule has 0 unspecified atom stereocenters. The van der Waals surface area contributed by atoms with Crippen molar-refractivity contribution in [2.45, 2.75) is 25.8 Å². The van der Waals surface area contributed by atoms with Gasteiger partial charge in [0.25, 0.3) is 0 Å². The third-order valence-electron chi connectivity index (χ3n) is 5.28. The Morgan fingerprint density at radius 1 is 1.12 bits per heavy atom. The van der Waals surface area contributed by atoms with E-state index < -0.39 is 6.04 Å². The Balaban J connectivity index is 1.63. The van der Waals surface area contributed by atoms with Gasteiger partial charge in [0.1, 0.15) is 17.7 Å². The number of pyridine rings is 1. The van der Waals surface area contributed by atoms with Gasteiger partial charge in [0, 0.05) is 31.3 Å². The van der Waals surface area contributed by atoms with Crippen molar-refractivity contribution in [1.82, 2.24) is 19.9 Å². The minimum Gasteiger partial charge on any atom is -0.354 e. The maximum Gasteiger partial charge on any atom is 0.242 e. The average molecular weight is 471 g/mol. The molecule has 0 radical (unpaired) electrons. The van der Waals surface area contributed by atoms with Gasteiger partial charge in [-0.1, -0.05) is 47.5 Å². The topological polar surface area (TPSA) is 59.8 Å². The number of amides is 1. The summed E-state index contributed by atoms with van der Waals surface area (Å²) in [5, 5.41) is 3.68. The SMILES string of the molecule is C[C@@H](C(=O)NCCc1ccccn1)n1c(Cc2ccccc2F)nc2cc(Cl)c(Cl)cc21. The Morgan fingerprint density at radius 2 is 1.88 bits per heavy atom. The third kappa shape index (κ3) is 4.76. The number of hydrogen-bond donors (Lipinski definition) is 1. The summed E-state index contributed by atoms with van der Waals surface area (Å²) in [5.74, 6) is 0.0477. The fraction of sp³-hybridized carbons (Fsp3) is 0.208. The number of hydrogen-bond acceptors (Lipinski definition) is 3. The average Bonchev–Trinajstić information content (AvgIpc) is 3.12. The van der Waals surface area contributed by atoms with Crippen molar-refractivity contribution in [2.75, 3.05) is 6.54 Å². The van der Waals surface area contributed by atoms with Gasteiger partial charge in [-0.15, -0.1) is 0 Å². The fourth-order valence-corrected chi connectivity index (χ4v) is 3.95.